The quantitative estimate of drug-likeness (QED) is 0.240. The molecule has 0 aromatic carbocycles. The van der Waals surface area contributed by atoms with Crippen LogP contribution in [0.25, 0.3) is 0 Å². The Hall–Kier alpha value is 0.167. The number of hydrogen-bond donors (Lipinski definition) is 0. The van der Waals surface area contributed by atoms with Crippen LogP contribution in [-0.2, 0) is 0 Å². The van der Waals surface area contributed by atoms with Gasteiger partial charge in [-0.25, -0.2) is 19.1 Å². The van der Waals surface area contributed by atoms with Crippen molar-refractivity contribution in [3.05, 3.63) is 19.1 Å². The van der Waals surface area contributed by atoms with Gasteiger partial charge in [-0.05, 0) is 32.5 Å². The van der Waals surface area contributed by atoms with Gasteiger partial charge in [0.25, 0.3) is 0 Å². The summed E-state index contributed by atoms with van der Waals surface area (Å²) in [6, 6.07) is 0. The summed E-state index contributed by atoms with van der Waals surface area (Å²) in [6.45, 7) is 12.0. The molecule has 1 nitrogen and oxygen atoms in total. The first-order valence-corrected chi connectivity index (χ1v) is 9.51. The average molecular weight is 301 g/mol. The van der Waals surface area contributed by atoms with Crippen LogP contribution in [0, 0.1) is 6.92 Å². The van der Waals surface area contributed by atoms with Crippen LogP contribution < -0.4 is 18.9 Å². The molecular weight excluding hydrogens is 261 g/mol. The summed E-state index contributed by atoms with van der Waals surface area (Å²) in [5.41, 5.74) is 0. The number of hydrogen-bond acceptors (Lipinski definition) is 1. The van der Waals surface area contributed by atoms with Crippen molar-refractivity contribution >= 4 is 0 Å². The van der Waals surface area contributed by atoms with Crippen molar-refractivity contribution in [2.75, 3.05) is 19.6 Å². The van der Waals surface area contributed by atoms with E-state index >= 15 is 0 Å². The molecule has 0 fully saturated rings. The van der Waals surface area contributed by atoms with Gasteiger partial charge in [-0.3, -0.25) is 0 Å². The Balaban J connectivity index is 0. The third kappa shape index (κ3) is 18.2. The summed E-state index contributed by atoms with van der Waals surface area (Å²) in [4.78, 5) is 2.61. The maximum Gasteiger partial charge on any atom is 1.00 e. The molecule has 0 aliphatic carbocycles. The smallest absolute Gasteiger partial charge is 0.316 e. The van der Waals surface area contributed by atoms with Gasteiger partial charge in [-0.2, -0.15) is 0 Å². The summed E-state index contributed by atoms with van der Waals surface area (Å²) < 4.78 is 0. The van der Waals surface area contributed by atoms with Gasteiger partial charge >= 0.3 is 18.9 Å². The number of allylic oxidation sites excluding steroid dienone is 1. The van der Waals surface area contributed by atoms with Crippen molar-refractivity contribution in [2.24, 2.45) is 0 Å². The molecule has 0 radical (unpaired) electrons. The Morgan fingerprint density at radius 1 is 0.682 bits per heavy atom. The van der Waals surface area contributed by atoms with Crippen LogP contribution in [-0.4, -0.2) is 24.5 Å². The first kappa shape index (κ1) is 24.4. The summed E-state index contributed by atoms with van der Waals surface area (Å²) in [6.07, 6.45) is 20.9. The zero-order valence-corrected chi connectivity index (χ0v) is 15.9. The van der Waals surface area contributed by atoms with Gasteiger partial charge in [0.1, 0.15) is 0 Å². The van der Waals surface area contributed by atoms with Gasteiger partial charge in [0, 0.05) is 0 Å². The third-order valence-electron chi connectivity index (χ3n) is 4.19. The molecule has 22 heavy (non-hydrogen) atoms. The molecule has 0 aromatic rings. The van der Waals surface area contributed by atoms with Crippen molar-refractivity contribution in [1.82, 2.24) is 4.90 Å². The molecule has 0 saturated heterocycles. The van der Waals surface area contributed by atoms with E-state index in [-0.39, 0.29) is 18.9 Å². The second-order valence-corrected chi connectivity index (χ2v) is 6.31. The van der Waals surface area contributed by atoms with E-state index in [2.05, 4.69) is 31.7 Å². The fourth-order valence-corrected chi connectivity index (χ4v) is 2.75. The van der Waals surface area contributed by atoms with Crippen LogP contribution in [0.15, 0.2) is 12.2 Å². The Bertz CT molecular complexity index is 200. The van der Waals surface area contributed by atoms with Crippen molar-refractivity contribution < 1.29 is 18.9 Å². The second kappa shape index (κ2) is 21.2. The molecular formula is C20H40LiN. The first-order chi connectivity index (χ1) is 10.3. The largest absolute Gasteiger partial charge is 1.00 e. The molecule has 2 heteroatoms. The van der Waals surface area contributed by atoms with Crippen LogP contribution in [0.5, 0.6) is 0 Å². The Kier molecular flexibility index (Phi) is 23.5. The number of unbranched alkanes of at least 4 members (excludes halogenated alkanes) is 10. The average Bonchev–Trinajstić information content (AvgIpc) is 2.50. The summed E-state index contributed by atoms with van der Waals surface area (Å²) in [7, 11) is 0. The summed E-state index contributed by atoms with van der Waals surface area (Å²) in [5.74, 6) is 0. The van der Waals surface area contributed by atoms with Crippen LogP contribution in [0.1, 0.15) is 90.9 Å². The van der Waals surface area contributed by atoms with E-state index in [1.54, 1.807) is 0 Å². The maximum absolute atomic E-state index is 3.81. The maximum atomic E-state index is 3.81. The molecule has 0 N–H and O–H groups in total. The molecule has 0 rings (SSSR count). The Morgan fingerprint density at radius 3 is 1.50 bits per heavy atom. The Morgan fingerprint density at radius 2 is 1.09 bits per heavy atom. The molecule has 0 spiro atoms. The van der Waals surface area contributed by atoms with Crippen LogP contribution >= 0.6 is 0 Å². The van der Waals surface area contributed by atoms with E-state index in [0.29, 0.717) is 0 Å². The van der Waals surface area contributed by atoms with Crippen molar-refractivity contribution in [2.45, 2.75) is 90.9 Å². The minimum Gasteiger partial charge on any atom is -0.316 e. The van der Waals surface area contributed by atoms with Crippen molar-refractivity contribution in [1.29, 1.82) is 0 Å². The van der Waals surface area contributed by atoms with E-state index in [4.69, 9.17) is 0 Å². The third-order valence-corrected chi connectivity index (χ3v) is 4.19. The van der Waals surface area contributed by atoms with Crippen LogP contribution in [0.2, 0.25) is 0 Å². The predicted octanol–water partition coefficient (Wildman–Crippen LogP) is 3.40. The Labute approximate surface area is 153 Å². The van der Waals surface area contributed by atoms with Crippen molar-refractivity contribution in [3.8, 4) is 0 Å². The summed E-state index contributed by atoms with van der Waals surface area (Å²) >= 11 is 0. The molecule has 0 bridgehead atoms. The normalized spacial score (nSPS) is 11.2. The zero-order valence-electron chi connectivity index (χ0n) is 15.9. The fourth-order valence-electron chi connectivity index (χ4n) is 2.75. The summed E-state index contributed by atoms with van der Waals surface area (Å²) in [5, 5.41) is 0. The van der Waals surface area contributed by atoms with Gasteiger partial charge in [0.15, 0.2) is 0 Å². The van der Waals surface area contributed by atoms with Gasteiger partial charge < -0.3 is 4.90 Å². The second-order valence-electron chi connectivity index (χ2n) is 6.31. The molecule has 0 heterocycles. The molecule has 0 aromatic heterocycles. The van der Waals surface area contributed by atoms with Gasteiger partial charge in [-0.15, -0.1) is 0 Å². The van der Waals surface area contributed by atoms with E-state index < -0.39 is 0 Å². The minimum absolute atomic E-state index is 0. The molecule has 126 valence electrons. The molecule has 0 amide bonds. The predicted molar refractivity (Wildman–Crippen MR) is 97.7 cm³/mol. The van der Waals surface area contributed by atoms with Crippen LogP contribution in [0.4, 0.5) is 0 Å². The molecule has 0 aliphatic heterocycles. The van der Waals surface area contributed by atoms with E-state index in [1.165, 1.54) is 90.1 Å². The monoisotopic (exact) mass is 301 g/mol. The molecule has 0 unspecified atom stereocenters. The first-order valence-electron chi connectivity index (χ1n) is 9.51. The standard InChI is InChI=1S/C20H40N.Li/c1-4-7-10-12-14-16-19-21(18-9-6-3)20-17-15-13-11-8-5-2;/h6,9H,3-5,7-8,10-20H2,1-2H3;/q-1;+1. The van der Waals surface area contributed by atoms with Gasteiger partial charge in [0.05, 0.1) is 0 Å². The van der Waals surface area contributed by atoms with E-state index in [9.17, 15) is 0 Å². The number of rotatable bonds is 16. The SMILES string of the molecule is [CH2-]C=CCN(CCCCCCCC)CCCCCCCC.[Li+]. The minimum atomic E-state index is 0. The van der Waals surface area contributed by atoms with E-state index in [1.807, 2.05) is 6.08 Å². The van der Waals surface area contributed by atoms with Gasteiger partial charge in [0.2, 0.25) is 0 Å². The van der Waals surface area contributed by atoms with E-state index in [0.717, 1.165) is 6.54 Å². The zero-order chi connectivity index (χ0) is 15.6. The molecule has 0 atom stereocenters. The van der Waals surface area contributed by atoms with Gasteiger partial charge in [-0.1, -0.05) is 78.1 Å². The molecule has 0 saturated carbocycles. The van der Waals surface area contributed by atoms with Crippen molar-refractivity contribution in [3.63, 3.8) is 0 Å². The fraction of sp³-hybridized carbons (Fsp3) is 0.850. The molecule has 0 aliphatic rings. The van der Waals surface area contributed by atoms with Crippen LogP contribution in [0.3, 0.4) is 0 Å². The topological polar surface area (TPSA) is 3.24 Å². The number of nitrogens with zero attached hydrogens (tertiary/aromatic N) is 1.